The highest BCUT2D eigenvalue weighted by Crippen LogP contribution is 2.39. The van der Waals surface area contributed by atoms with Crippen molar-refractivity contribution >= 4 is 43.7 Å². The molecule has 0 saturated carbocycles. The van der Waals surface area contributed by atoms with Crippen LogP contribution in [-0.2, 0) is 6.42 Å². The van der Waals surface area contributed by atoms with Crippen LogP contribution in [0.2, 0.25) is 0 Å². The van der Waals surface area contributed by atoms with Gasteiger partial charge in [-0.25, -0.2) is 0 Å². The first-order valence-corrected chi connectivity index (χ1v) is 14.2. The minimum Gasteiger partial charge on any atom is -0.341 e. The van der Waals surface area contributed by atoms with Gasteiger partial charge in [-0.1, -0.05) is 103 Å². The predicted molar refractivity (Wildman–Crippen MR) is 172 cm³/mol. The first-order valence-electron chi connectivity index (χ1n) is 14.2. The second-order valence-corrected chi connectivity index (χ2v) is 10.9. The minimum atomic E-state index is 1.06. The van der Waals surface area contributed by atoms with Crippen molar-refractivity contribution in [2.45, 2.75) is 12.8 Å². The Kier molecular flexibility index (Phi) is 5.41. The molecule has 1 aliphatic heterocycles. The molecule has 0 unspecified atom stereocenters. The van der Waals surface area contributed by atoms with Crippen LogP contribution in [0.1, 0.15) is 12.0 Å². The summed E-state index contributed by atoms with van der Waals surface area (Å²) in [6, 6.07) is 51.5. The number of para-hydroxylation sites is 1. The van der Waals surface area contributed by atoms with Gasteiger partial charge in [0.1, 0.15) is 0 Å². The Morgan fingerprint density at radius 1 is 0.450 bits per heavy atom. The van der Waals surface area contributed by atoms with Gasteiger partial charge in [-0.15, -0.1) is 0 Å². The van der Waals surface area contributed by atoms with E-state index in [4.69, 9.17) is 0 Å². The molecule has 1 heterocycles. The van der Waals surface area contributed by atoms with Gasteiger partial charge >= 0.3 is 0 Å². The molecule has 1 heteroatoms. The van der Waals surface area contributed by atoms with Gasteiger partial charge in [-0.05, 0) is 109 Å². The smallest absolute Gasteiger partial charge is 0.0443 e. The summed E-state index contributed by atoms with van der Waals surface area (Å²) in [5.74, 6) is 0. The standard InChI is InChI=1S/C39H29N/c1-2-9-27(10-3-1)37-25-29-12-4-5-13-30(29)26-38(37)32-18-20-35-31(23-32)16-17-33-24-34(19-21-36(33)35)40-22-8-14-28-11-6-7-15-39(28)40/h1-7,9-13,15-21,23-26H,8,14,22H2. The molecule has 1 aliphatic rings. The third-order valence-electron chi connectivity index (χ3n) is 8.52. The first kappa shape index (κ1) is 23.0. The van der Waals surface area contributed by atoms with E-state index in [1.165, 1.54) is 77.9 Å². The largest absolute Gasteiger partial charge is 0.341 e. The van der Waals surface area contributed by atoms with Crippen LogP contribution in [0.25, 0.3) is 54.6 Å². The monoisotopic (exact) mass is 511 g/mol. The lowest BCUT2D eigenvalue weighted by Crippen LogP contribution is -2.24. The average molecular weight is 512 g/mol. The van der Waals surface area contributed by atoms with E-state index in [1.54, 1.807) is 0 Å². The van der Waals surface area contributed by atoms with Gasteiger partial charge in [-0.3, -0.25) is 0 Å². The summed E-state index contributed by atoms with van der Waals surface area (Å²) in [5.41, 5.74) is 9.11. The molecule has 40 heavy (non-hydrogen) atoms. The van der Waals surface area contributed by atoms with Gasteiger partial charge in [-0.2, -0.15) is 0 Å². The maximum atomic E-state index is 2.48. The number of anilines is 2. The van der Waals surface area contributed by atoms with Gasteiger partial charge in [0.2, 0.25) is 0 Å². The van der Waals surface area contributed by atoms with Gasteiger partial charge in [0.15, 0.2) is 0 Å². The lowest BCUT2D eigenvalue weighted by atomic mass is 9.90. The van der Waals surface area contributed by atoms with E-state index in [1.807, 2.05) is 0 Å². The van der Waals surface area contributed by atoms with E-state index in [0.29, 0.717) is 0 Å². The second-order valence-electron chi connectivity index (χ2n) is 10.9. The Balaban J connectivity index is 1.25. The van der Waals surface area contributed by atoms with Crippen LogP contribution in [0, 0.1) is 0 Å². The number of nitrogens with zero attached hydrogens (tertiary/aromatic N) is 1. The summed E-state index contributed by atoms with van der Waals surface area (Å²) in [6.07, 6.45) is 2.35. The quantitative estimate of drug-likeness (QED) is 0.213. The van der Waals surface area contributed by atoms with Crippen LogP contribution in [0.4, 0.5) is 11.4 Å². The fourth-order valence-electron chi connectivity index (χ4n) is 6.53. The van der Waals surface area contributed by atoms with E-state index < -0.39 is 0 Å². The zero-order chi connectivity index (χ0) is 26.5. The van der Waals surface area contributed by atoms with Gasteiger partial charge in [0.05, 0.1) is 0 Å². The lowest BCUT2D eigenvalue weighted by molar-refractivity contribution is 0.767. The molecule has 0 saturated heterocycles. The van der Waals surface area contributed by atoms with Crippen molar-refractivity contribution < 1.29 is 0 Å². The molecule has 0 spiro atoms. The van der Waals surface area contributed by atoms with Crippen molar-refractivity contribution in [2.24, 2.45) is 0 Å². The number of rotatable bonds is 3. The van der Waals surface area contributed by atoms with Gasteiger partial charge < -0.3 is 4.90 Å². The van der Waals surface area contributed by atoms with Crippen molar-refractivity contribution in [3.63, 3.8) is 0 Å². The summed E-state index contributed by atoms with van der Waals surface area (Å²) in [4.78, 5) is 2.48. The van der Waals surface area contributed by atoms with Crippen LogP contribution in [0.3, 0.4) is 0 Å². The molecule has 0 bridgehead atoms. The maximum Gasteiger partial charge on any atom is 0.0443 e. The molecule has 0 amide bonds. The zero-order valence-electron chi connectivity index (χ0n) is 22.3. The molecule has 8 rings (SSSR count). The molecule has 190 valence electrons. The number of benzene rings is 7. The fourth-order valence-corrected chi connectivity index (χ4v) is 6.53. The summed E-state index contributed by atoms with van der Waals surface area (Å²) < 4.78 is 0. The number of aryl methyl sites for hydroxylation is 1. The van der Waals surface area contributed by atoms with Crippen LogP contribution in [0.15, 0.2) is 140 Å². The van der Waals surface area contributed by atoms with E-state index >= 15 is 0 Å². The van der Waals surface area contributed by atoms with E-state index in [-0.39, 0.29) is 0 Å². The molecule has 1 nitrogen and oxygen atoms in total. The first-order chi connectivity index (χ1) is 19.8. The molecule has 0 aliphatic carbocycles. The molecular weight excluding hydrogens is 482 g/mol. The SMILES string of the molecule is c1ccc(-c2cc3ccccc3cc2-c2ccc3c(ccc4cc(N5CCCc6ccccc65)ccc43)c2)cc1. The molecule has 0 radical (unpaired) electrons. The molecule has 0 aromatic heterocycles. The lowest BCUT2D eigenvalue weighted by Gasteiger charge is -2.31. The summed E-state index contributed by atoms with van der Waals surface area (Å²) >= 11 is 0. The fraction of sp³-hybridized carbons (Fsp3) is 0.0769. The number of hydrogen-bond donors (Lipinski definition) is 0. The summed E-state index contributed by atoms with van der Waals surface area (Å²) in [7, 11) is 0. The number of fused-ring (bicyclic) bond motifs is 5. The Morgan fingerprint density at radius 2 is 1.10 bits per heavy atom. The Bertz CT molecular complexity index is 2040. The van der Waals surface area contributed by atoms with Gasteiger partial charge in [0.25, 0.3) is 0 Å². The average Bonchev–Trinajstić information content (AvgIpc) is 3.03. The molecule has 0 N–H and O–H groups in total. The third-order valence-corrected chi connectivity index (χ3v) is 8.52. The Morgan fingerprint density at radius 3 is 1.90 bits per heavy atom. The number of hydrogen-bond acceptors (Lipinski definition) is 1. The van der Waals surface area contributed by atoms with Crippen molar-refractivity contribution in [2.75, 3.05) is 11.4 Å². The second kappa shape index (κ2) is 9.39. The highest BCUT2D eigenvalue weighted by Gasteiger charge is 2.18. The van der Waals surface area contributed by atoms with Crippen LogP contribution < -0.4 is 4.90 Å². The van der Waals surface area contributed by atoms with E-state index in [2.05, 4.69) is 144 Å². The zero-order valence-corrected chi connectivity index (χ0v) is 22.3. The predicted octanol–water partition coefficient (Wildman–Crippen LogP) is 10.6. The van der Waals surface area contributed by atoms with Crippen molar-refractivity contribution in [3.05, 3.63) is 145 Å². The van der Waals surface area contributed by atoms with Crippen LogP contribution in [0.5, 0.6) is 0 Å². The van der Waals surface area contributed by atoms with Crippen molar-refractivity contribution in [3.8, 4) is 22.3 Å². The minimum absolute atomic E-state index is 1.06. The highest BCUT2D eigenvalue weighted by molar-refractivity contribution is 6.10. The molecule has 7 aromatic rings. The Labute approximate surface area is 234 Å². The van der Waals surface area contributed by atoms with Crippen molar-refractivity contribution in [1.82, 2.24) is 0 Å². The van der Waals surface area contributed by atoms with Gasteiger partial charge in [0, 0.05) is 17.9 Å². The maximum absolute atomic E-state index is 2.48. The normalized spacial score (nSPS) is 13.2. The molecule has 7 aromatic carbocycles. The molecular formula is C39H29N. The van der Waals surface area contributed by atoms with Crippen LogP contribution >= 0.6 is 0 Å². The molecule has 0 atom stereocenters. The third kappa shape index (κ3) is 3.86. The van der Waals surface area contributed by atoms with Crippen LogP contribution in [-0.4, -0.2) is 6.54 Å². The van der Waals surface area contributed by atoms with E-state index in [9.17, 15) is 0 Å². The summed E-state index contributed by atoms with van der Waals surface area (Å²) in [6.45, 7) is 1.06. The highest BCUT2D eigenvalue weighted by atomic mass is 15.1. The molecule has 0 fully saturated rings. The summed E-state index contributed by atoms with van der Waals surface area (Å²) in [5, 5.41) is 7.70. The Hall–Kier alpha value is -4.88. The van der Waals surface area contributed by atoms with Crippen molar-refractivity contribution in [1.29, 1.82) is 0 Å². The van der Waals surface area contributed by atoms with E-state index in [0.717, 1.165) is 13.0 Å². The topological polar surface area (TPSA) is 3.24 Å².